The summed E-state index contributed by atoms with van der Waals surface area (Å²) in [5.41, 5.74) is 1.14. The molecular formula is C16H17N5O6. The number of nitrogens with zero attached hydrogens (tertiary/aromatic N) is 5. The number of aromatic nitrogens is 4. The maximum Gasteiger partial charge on any atom is 0.355 e. The first-order valence-electron chi connectivity index (χ1n) is 7.77. The zero-order valence-corrected chi connectivity index (χ0v) is 14.9. The van der Waals surface area contributed by atoms with Crippen molar-refractivity contribution in [3.8, 4) is 11.4 Å². The molecule has 1 aromatic carbocycles. The SMILES string of the molecule is COC(=O)C1=C(C(=O)OC)N(c2cc(-n3cnnn3)ccc2OC)COC1. The molecule has 11 heteroatoms. The Hall–Kier alpha value is -3.47. The summed E-state index contributed by atoms with van der Waals surface area (Å²) in [7, 11) is 3.94. The first kappa shape index (κ1) is 18.3. The number of ether oxygens (including phenoxy) is 4. The van der Waals surface area contributed by atoms with Crippen LogP contribution in [0.1, 0.15) is 0 Å². The third-order valence-corrected chi connectivity index (χ3v) is 3.90. The van der Waals surface area contributed by atoms with Crippen LogP contribution < -0.4 is 9.64 Å². The molecule has 0 saturated carbocycles. The summed E-state index contributed by atoms with van der Waals surface area (Å²) >= 11 is 0. The largest absolute Gasteiger partial charge is 0.495 e. The molecule has 2 heterocycles. The zero-order chi connectivity index (χ0) is 19.4. The van der Waals surface area contributed by atoms with Crippen LogP contribution in [-0.2, 0) is 23.8 Å². The van der Waals surface area contributed by atoms with E-state index in [1.165, 1.54) is 37.2 Å². The van der Waals surface area contributed by atoms with E-state index in [0.29, 0.717) is 17.1 Å². The second kappa shape index (κ2) is 7.83. The highest BCUT2D eigenvalue weighted by Crippen LogP contribution is 2.35. The highest BCUT2D eigenvalue weighted by atomic mass is 16.5. The Morgan fingerprint density at radius 2 is 1.93 bits per heavy atom. The van der Waals surface area contributed by atoms with Crippen molar-refractivity contribution in [1.29, 1.82) is 0 Å². The summed E-state index contributed by atoms with van der Waals surface area (Å²) in [6.07, 6.45) is 1.43. The van der Waals surface area contributed by atoms with Crippen LogP contribution in [-0.4, -0.2) is 66.8 Å². The number of hydrogen-bond donors (Lipinski definition) is 0. The number of carbonyl (C=O) groups excluding carboxylic acids is 2. The van der Waals surface area contributed by atoms with E-state index in [-0.39, 0.29) is 24.6 Å². The summed E-state index contributed by atoms with van der Waals surface area (Å²) in [6, 6.07) is 5.13. The molecule has 0 saturated heterocycles. The van der Waals surface area contributed by atoms with Crippen LogP contribution in [0, 0.1) is 0 Å². The van der Waals surface area contributed by atoms with E-state index in [9.17, 15) is 9.59 Å². The van der Waals surface area contributed by atoms with Gasteiger partial charge in [-0.15, -0.1) is 5.10 Å². The monoisotopic (exact) mass is 375 g/mol. The molecule has 0 radical (unpaired) electrons. The van der Waals surface area contributed by atoms with Gasteiger partial charge in [-0.1, -0.05) is 0 Å². The highest BCUT2D eigenvalue weighted by molar-refractivity contribution is 6.03. The fourth-order valence-electron chi connectivity index (χ4n) is 2.65. The zero-order valence-electron chi connectivity index (χ0n) is 14.9. The fraction of sp³-hybridized carbons (Fsp3) is 0.312. The molecule has 0 N–H and O–H groups in total. The summed E-state index contributed by atoms with van der Waals surface area (Å²) in [5.74, 6) is -0.938. The van der Waals surface area contributed by atoms with Gasteiger partial charge in [-0.05, 0) is 28.6 Å². The molecule has 0 atom stereocenters. The average molecular weight is 375 g/mol. The van der Waals surface area contributed by atoms with Gasteiger partial charge in [-0.3, -0.25) is 0 Å². The Morgan fingerprint density at radius 3 is 2.56 bits per heavy atom. The minimum Gasteiger partial charge on any atom is -0.495 e. The van der Waals surface area contributed by atoms with Crippen molar-refractivity contribution in [2.75, 3.05) is 39.6 Å². The van der Waals surface area contributed by atoms with Gasteiger partial charge in [-0.25, -0.2) is 14.3 Å². The third kappa shape index (κ3) is 3.44. The molecule has 2 aromatic rings. The van der Waals surface area contributed by atoms with Gasteiger partial charge in [0, 0.05) is 0 Å². The lowest BCUT2D eigenvalue weighted by atomic mass is 10.1. The fourth-order valence-corrected chi connectivity index (χ4v) is 2.65. The second-order valence-corrected chi connectivity index (χ2v) is 5.33. The molecule has 0 bridgehead atoms. The molecule has 0 spiro atoms. The number of anilines is 1. The van der Waals surface area contributed by atoms with Crippen LogP contribution >= 0.6 is 0 Å². The number of hydrogen-bond acceptors (Lipinski definition) is 10. The average Bonchev–Trinajstić information content (AvgIpc) is 3.26. The normalized spacial score (nSPS) is 14.1. The lowest BCUT2D eigenvalue weighted by Gasteiger charge is -2.32. The van der Waals surface area contributed by atoms with E-state index < -0.39 is 11.9 Å². The number of benzene rings is 1. The van der Waals surface area contributed by atoms with Crippen LogP contribution in [0.2, 0.25) is 0 Å². The van der Waals surface area contributed by atoms with Gasteiger partial charge < -0.3 is 23.8 Å². The Labute approximate surface area is 154 Å². The van der Waals surface area contributed by atoms with Crippen molar-refractivity contribution >= 4 is 17.6 Å². The maximum atomic E-state index is 12.4. The van der Waals surface area contributed by atoms with Crippen LogP contribution in [0.4, 0.5) is 5.69 Å². The van der Waals surface area contributed by atoms with E-state index in [2.05, 4.69) is 15.5 Å². The number of tetrazole rings is 1. The van der Waals surface area contributed by atoms with Gasteiger partial charge in [0.25, 0.3) is 0 Å². The highest BCUT2D eigenvalue weighted by Gasteiger charge is 2.33. The van der Waals surface area contributed by atoms with Gasteiger partial charge in [-0.2, -0.15) is 0 Å². The van der Waals surface area contributed by atoms with Crippen molar-refractivity contribution < 1.29 is 28.5 Å². The Balaban J connectivity index is 2.16. The molecule has 1 aliphatic rings. The molecule has 3 rings (SSSR count). The van der Waals surface area contributed by atoms with E-state index in [1.807, 2.05) is 0 Å². The summed E-state index contributed by atoms with van der Waals surface area (Å²) in [4.78, 5) is 26.0. The van der Waals surface area contributed by atoms with Gasteiger partial charge in [0.05, 0.1) is 44.9 Å². The predicted octanol–water partition coefficient (Wildman–Crippen LogP) is 0.0651. The van der Waals surface area contributed by atoms with Crippen molar-refractivity contribution in [2.45, 2.75) is 0 Å². The molecule has 0 aliphatic carbocycles. The lowest BCUT2D eigenvalue weighted by molar-refractivity contribution is -0.140. The maximum absolute atomic E-state index is 12.4. The van der Waals surface area contributed by atoms with Gasteiger partial charge in [0.1, 0.15) is 24.5 Å². The minimum absolute atomic E-state index is 0.000345. The van der Waals surface area contributed by atoms with Crippen molar-refractivity contribution in [3.63, 3.8) is 0 Å². The standard InChI is InChI=1S/C16H17N5O6/c1-24-13-5-4-10(21-8-17-18-19-21)6-12(13)20-9-27-7-11(15(22)25-2)14(20)16(23)26-3/h4-6,8H,7,9H2,1-3H3. The lowest BCUT2D eigenvalue weighted by Crippen LogP contribution is -2.39. The van der Waals surface area contributed by atoms with Crippen molar-refractivity contribution in [1.82, 2.24) is 20.2 Å². The number of rotatable bonds is 5. The number of carbonyl (C=O) groups is 2. The molecule has 11 nitrogen and oxygen atoms in total. The van der Waals surface area contributed by atoms with Crippen LogP contribution in [0.3, 0.4) is 0 Å². The summed E-state index contributed by atoms with van der Waals surface area (Å²) < 4.78 is 22.0. The molecular weight excluding hydrogens is 358 g/mol. The molecule has 142 valence electrons. The van der Waals surface area contributed by atoms with Crippen LogP contribution in [0.5, 0.6) is 5.75 Å². The van der Waals surface area contributed by atoms with E-state index >= 15 is 0 Å². The Bertz CT molecular complexity index is 879. The van der Waals surface area contributed by atoms with Crippen molar-refractivity contribution in [2.24, 2.45) is 0 Å². The van der Waals surface area contributed by atoms with E-state index in [4.69, 9.17) is 18.9 Å². The van der Waals surface area contributed by atoms with Gasteiger partial charge in [0.15, 0.2) is 0 Å². The van der Waals surface area contributed by atoms with E-state index in [0.717, 1.165) is 0 Å². The second-order valence-electron chi connectivity index (χ2n) is 5.33. The summed E-state index contributed by atoms with van der Waals surface area (Å²) in [5, 5.41) is 11.1. The predicted molar refractivity (Wildman–Crippen MR) is 90.1 cm³/mol. The molecule has 0 amide bonds. The summed E-state index contributed by atoms with van der Waals surface area (Å²) in [6.45, 7) is -0.0804. The van der Waals surface area contributed by atoms with E-state index in [1.54, 1.807) is 18.2 Å². The quantitative estimate of drug-likeness (QED) is 0.664. The minimum atomic E-state index is -0.700. The molecule has 1 aromatic heterocycles. The van der Waals surface area contributed by atoms with Crippen LogP contribution in [0.15, 0.2) is 35.8 Å². The van der Waals surface area contributed by atoms with Crippen molar-refractivity contribution in [3.05, 3.63) is 35.8 Å². The van der Waals surface area contributed by atoms with Gasteiger partial charge in [0.2, 0.25) is 0 Å². The number of methoxy groups -OCH3 is 3. The first-order valence-corrected chi connectivity index (χ1v) is 7.77. The molecule has 0 fully saturated rings. The Morgan fingerprint density at radius 1 is 1.15 bits per heavy atom. The topological polar surface area (TPSA) is 118 Å². The third-order valence-electron chi connectivity index (χ3n) is 3.90. The van der Waals surface area contributed by atoms with Crippen LogP contribution in [0.25, 0.3) is 5.69 Å². The Kier molecular flexibility index (Phi) is 5.31. The molecule has 0 unspecified atom stereocenters. The smallest absolute Gasteiger partial charge is 0.355 e. The van der Waals surface area contributed by atoms with Gasteiger partial charge >= 0.3 is 11.9 Å². The first-order chi connectivity index (χ1) is 13.1. The molecule has 27 heavy (non-hydrogen) atoms. The molecule has 1 aliphatic heterocycles. The number of esters is 2.